The van der Waals surface area contributed by atoms with E-state index < -0.39 is 24.7 Å². The minimum atomic E-state index is -4.22. The lowest BCUT2D eigenvalue weighted by Gasteiger charge is -2.24. The van der Waals surface area contributed by atoms with Crippen molar-refractivity contribution in [3.05, 3.63) is 0 Å². The zero-order valence-corrected chi connectivity index (χ0v) is 12.4. The zero-order valence-electron chi connectivity index (χ0n) is 12.4. The minimum Gasteiger partial charge on any atom is -0.465 e. The van der Waals surface area contributed by atoms with Crippen LogP contribution in [0.2, 0.25) is 0 Å². The molecular weight excluding hydrogens is 273 g/mol. The van der Waals surface area contributed by atoms with Gasteiger partial charge >= 0.3 is 12.1 Å². The number of nitrogens with zero attached hydrogens (tertiary/aromatic N) is 1. The van der Waals surface area contributed by atoms with Gasteiger partial charge in [-0.05, 0) is 32.9 Å². The van der Waals surface area contributed by atoms with Crippen molar-refractivity contribution >= 4 is 5.97 Å². The molecule has 0 heterocycles. The summed E-state index contributed by atoms with van der Waals surface area (Å²) in [6.07, 6.45) is -3.06. The third-order valence-electron chi connectivity index (χ3n) is 2.80. The molecule has 0 rings (SSSR count). The summed E-state index contributed by atoms with van der Waals surface area (Å²) >= 11 is 0. The molecule has 0 amide bonds. The van der Waals surface area contributed by atoms with Gasteiger partial charge in [0, 0.05) is 6.54 Å². The second kappa shape index (κ2) is 9.99. The SMILES string of the molecule is CCCNC(CCN(CC)CC(F)(F)F)C(=O)OCC. The third-order valence-corrected chi connectivity index (χ3v) is 2.80. The molecule has 20 heavy (non-hydrogen) atoms. The molecule has 0 spiro atoms. The molecule has 0 aromatic heterocycles. The van der Waals surface area contributed by atoms with E-state index in [0.717, 1.165) is 6.42 Å². The van der Waals surface area contributed by atoms with Crippen LogP contribution in [0.3, 0.4) is 0 Å². The summed E-state index contributed by atoms with van der Waals surface area (Å²) in [6, 6.07) is -0.544. The maximum absolute atomic E-state index is 12.4. The molecule has 0 radical (unpaired) electrons. The van der Waals surface area contributed by atoms with Crippen molar-refractivity contribution in [3.63, 3.8) is 0 Å². The second-order valence-electron chi connectivity index (χ2n) is 4.53. The van der Waals surface area contributed by atoms with E-state index in [2.05, 4.69) is 5.32 Å². The summed E-state index contributed by atoms with van der Waals surface area (Å²) < 4.78 is 42.0. The summed E-state index contributed by atoms with van der Waals surface area (Å²) in [5, 5.41) is 3.01. The van der Waals surface area contributed by atoms with Crippen LogP contribution in [-0.4, -0.2) is 55.9 Å². The predicted molar refractivity (Wildman–Crippen MR) is 71.5 cm³/mol. The highest BCUT2D eigenvalue weighted by molar-refractivity contribution is 5.75. The summed E-state index contributed by atoms with van der Waals surface area (Å²) in [5.41, 5.74) is 0. The molecule has 0 aliphatic carbocycles. The molecule has 0 aromatic rings. The summed E-state index contributed by atoms with van der Waals surface area (Å²) in [4.78, 5) is 13.0. The van der Waals surface area contributed by atoms with Gasteiger partial charge in [0.05, 0.1) is 13.2 Å². The number of esters is 1. The Labute approximate surface area is 118 Å². The second-order valence-corrected chi connectivity index (χ2v) is 4.53. The average Bonchev–Trinajstić information content (AvgIpc) is 2.36. The van der Waals surface area contributed by atoms with Crippen molar-refractivity contribution in [1.29, 1.82) is 0 Å². The van der Waals surface area contributed by atoms with E-state index in [4.69, 9.17) is 4.74 Å². The van der Waals surface area contributed by atoms with Gasteiger partial charge in [-0.15, -0.1) is 0 Å². The van der Waals surface area contributed by atoms with Gasteiger partial charge in [0.1, 0.15) is 6.04 Å². The monoisotopic (exact) mass is 298 g/mol. The Morgan fingerprint density at radius 2 is 1.95 bits per heavy atom. The van der Waals surface area contributed by atoms with Gasteiger partial charge in [0.25, 0.3) is 0 Å². The number of ether oxygens (including phenoxy) is 1. The van der Waals surface area contributed by atoms with Crippen LogP contribution in [0, 0.1) is 0 Å². The minimum absolute atomic E-state index is 0.205. The molecule has 0 fully saturated rings. The Kier molecular flexibility index (Phi) is 9.58. The number of halogens is 3. The first-order valence-corrected chi connectivity index (χ1v) is 7.03. The Hall–Kier alpha value is -0.820. The molecule has 0 aliphatic rings. The molecule has 0 bridgehead atoms. The molecule has 1 atom stereocenters. The molecule has 0 saturated carbocycles. The Morgan fingerprint density at radius 1 is 1.30 bits per heavy atom. The molecule has 0 aromatic carbocycles. The lowest BCUT2D eigenvalue weighted by atomic mass is 10.2. The molecule has 7 heteroatoms. The molecule has 0 aliphatic heterocycles. The topological polar surface area (TPSA) is 41.6 Å². The fraction of sp³-hybridized carbons (Fsp3) is 0.923. The highest BCUT2D eigenvalue weighted by Crippen LogP contribution is 2.16. The van der Waals surface area contributed by atoms with Gasteiger partial charge in [-0.2, -0.15) is 13.2 Å². The average molecular weight is 298 g/mol. The van der Waals surface area contributed by atoms with Gasteiger partial charge in [-0.3, -0.25) is 9.69 Å². The number of rotatable bonds is 10. The predicted octanol–water partition coefficient (Wildman–Crippen LogP) is 2.19. The van der Waals surface area contributed by atoms with Gasteiger partial charge in [-0.25, -0.2) is 0 Å². The molecule has 0 saturated heterocycles. The van der Waals surface area contributed by atoms with E-state index in [0.29, 0.717) is 19.5 Å². The van der Waals surface area contributed by atoms with E-state index in [1.807, 2.05) is 6.92 Å². The molecule has 1 N–H and O–H groups in total. The van der Waals surface area contributed by atoms with Gasteiger partial charge in [-0.1, -0.05) is 13.8 Å². The standard InChI is InChI=1S/C13H25F3N2O2/c1-4-8-17-11(12(19)20-6-3)7-9-18(5-2)10-13(14,15)16/h11,17H,4-10H2,1-3H3. The van der Waals surface area contributed by atoms with E-state index >= 15 is 0 Å². The summed E-state index contributed by atoms with van der Waals surface area (Å²) in [6.45, 7) is 5.78. The first-order valence-electron chi connectivity index (χ1n) is 7.03. The zero-order chi connectivity index (χ0) is 15.6. The number of hydrogen-bond donors (Lipinski definition) is 1. The summed E-state index contributed by atoms with van der Waals surface area (Å²) in [5.74, 6) is -0.399. The van der Waals surface area contributed by atoms with Crippen LogP contribution in [-0.2, 0) is 9.53 Å². The lowest BCUT2D eigenvalue weighted by molar-refractivity contribution is -0.148. The van der Waals surface area contributed by atoms with Crippen molar-refractivity contribution in [2.75, 3.05) is 32.8 Å². The number of nitrogens with one attached hydrogen (secondary N) is 1. The van der Waals surface area contributed by atoms with Crippen LogP contribution in [0.15, 0.2) is 0 Å². The number of carbonyl (C=O) groups is 1. The van der Waals surface area contributed by atoms with Crippen molar-refractivity contribution in [2.45, 2.75) is 45.8 Å². The largest absolute Gasteiger partial charge is 0.465 e. The number of hydrogen-bond acceptors (Lipinski definition) is 4. The van der Waals surface area contributed by atoms with Crippen molar-refractivity contribution in [3.8, 4) is 0 Å². The smallest absolute Gasteiger partial charge is 0.401 e. The van der Waals surface area contributed by atoms with Gasteiger partial charge < -0.3 is 10.1 Å². The van der Waals surface area contributed by atoms with Gasteiger partial charge in [0.2, 0.25) is 0 Å². The maximum atomic E-state index is 12.4. The molecule has 1 unspecified atom stereocenters. The Morgan fingerprint density at radius 3 is 2.40 bits per heavy atom. The molecule has 120 valence electrons. The van der Waals surface area contributed by atoms with Crippen LogP contribution in [0.1, 0.15) is 33.6 Å². The third kappa shape index (κ3) is 9.14. The Bertz CT molecular complexity index is 273. The van der Waals surface area contributed by atoms with Crippen LogP contribution in [0.5, 0.6) is 0 Å². The van der Waals surface area contributed by atoms with Crippen molar-refractivity contribution in [1.82, 2.24) is 10.2 Å². The van der Waals surface area contributed by atoms with E-state index in [1.54, 1.807) is 13.8 Å². The molecular formula is C13H25F3N2O2. The number of carbonyl (C=O) groups excluding carboxylic acids is 1. The lowest BCUT2D eigenvalue weighted by Crippen LogP contribution is -2.43. The van der Waals surface area contributed by atoms with Crippen LogP contribution in [0.25, 0.3) is 0 Å². The molecule has 4 nitrogen and oxygen atoms in total. The van der Waals surface area contributed by atoms with Gasteiger partial charge in [0.15, 0.2) is 0 Å². The van der Waals surface area contributed by atoms with Crippen LogP contribution >= 0.6 is 0 Å². The Balaban J connectivity index is 4.37. The van der Waals surface area contributed by atoms with Crippen LogP contribution in [0.4, 0.5) is 13.2 Å². The van der Waals surface area contributed by atoms with E-state index in [-0.39, 0.29) is 13.2 Å². The normalized spacial score (nSPS) is 13.6. The fourth-order valence-electron chi connectivity index (χ4n) is 1.78. The highest BCUT2D eigenvalue weighted by atomic mass is 19.4. The number of alkyl halides is 3. The fourth-order valence-corrected chi connectivity index (χ4v) is 1.78. The van der Waals surface area contributed by atoms with Crippen molar-refractivity contribution < 1.29 is 22.7 Å². The first-order chi connectivity index (χ1) is 9.34. The maximum Gasteiger partial charge on any atom is 0.401 e. The quantitative estimate of drug-likeness (QED) is 0.628. The van der Waals surface area contributed by atoms with E-state index in [9.17, 15) is 18.0 Å². The van der Waals surface area contributed by atoms with E-state index in [1.165, 1.54) is 4.90 Å². The van der Waals surface area contributed by atoms with Crippen LogP contribution < -0.4 is 5.32 Å². The highest BCUT2D eigenvalue weighted by Gasteiger charge is 2.30. The summed E-state index contributed by atoms with van der Waals surface area (Å²) in [7, 11) is 0. The van der Waals surface area contributed by atoms with Crippen molar-refractivity contribution in [2.24, 2.45) is 0 Å². The first kappa shape index (κ1) is 19.2.